The van der Waals surface area contributed by atoms with E-state index in [2.05, 4.69) is 25.6 Å². The van der Waals surface area contributed by atoms with Crippen LogP contribution in [-0.2, 0) is 14.9 Å². The lowest BCUT2D eigenvalue weighted by molar-refractivity contribution is 0.0186. The van der Waals surface area contributed by atoms with Gasteiger partial charge in [-0.3, -0.25) is 4.55 Å². The Balaban J connectivity index is 1.50. The van der Waals surface area contributed by atoms with Gasteiger partial charge in [0.15, 0.2) is 11.6 Å². The number of rotatable bonds is 7. The molecule has 4 atom stereocenters. The van der Waals surface area contributed by atoms with Gasteiger partial charge >= 0.3 is 5.97 Å². The quantitative estimate of drug-likeness (QED) is 0.489. The molecule has 3 fully saturated rings. The summed E-state index contributed by atoms with van der Waals surface area (Å²) in [6.45, 7) is 3.72. The Morgan fingerprint density at radius 2 is 1.90 bits per heavy atom. The highest BCUT2D eigenvalue weighted by Crippen LogP contribution is 2.63. The van der Waals surface area contributed by atoms with E-state index < -0.39 is 39.9 Å². The third-order valence-electron chi connectivity index (χ3n) is 6.86. The number of carbonyl (C=O) groups is 1. The van der Waals surface area contributed by atoms with Crippen molar-refractivity contribution in [3.05, 3.63) is 29.6 Å². The monoisotopic (exact) mass is 458 g/mol. The maximum Gasteiger partial charge on any atom is 0.338 e. The van der Waals surface area contributed by atoms with Gasteiger partial charge in [0.25, 0.3) is 10.1 Å². The second-order valence-corrected chi connectivity index (χ2v) is 12.0. The summed E-state index contributed by atoms with van der Waals surface area (Å²) in [5, 5.41) is 1.36. The molecule has 6 nitrogen and oxygen atoms in total. The maximum atomic E-state index is 14.6. The zero-order chi connectivity index (χ0) is 21.7. The summed E-state index contributed by atoms with van der Waals surface area (Å²) >= 11 is 2.11. The Labute approximate surface area is 180 Å². The van der Waals surface area contributed by atoms with E-state index in [0.29, 0.717) is 22.3 Å². The van der Waals surface area contributed by atoms with Crippen molar-refractivity contribution in [1.29, 1.82) is 0 Å². The van der Waals surface area contributed by atoms with Gasteiger partial charge in [-0.25, -0.2) is 9.18 Å². The molecule has 2 heterocycles. The zero-order valence-corrected chi connectivity index (χ0v) is 18.7. The van der Waals surface area contributed by atoms with Crippen LogP contribution in [0.2, 0.25) is 0 Å². The van der Waals surface area contributed by atoms with Crippen molar-refractivity contribution < 1.29 is 31.6 Å². The molecule has 2 bridgehead atoms. The van der Waals surface area contributed by atoms with Gasteiger partial charge in [0, 0.05) is 10.5 Å². The van der Waals surface area contributed by atoms with E-state index in [-0.39, 0.29) is 17.2 Å². The molecule has 9 heteroatoms. The largest absolute Gasteiger partial charge is 0.484 e. The van der Waals surface area contributed by atoms with Crippen molar-refractivity contribution in [2.24, 2.45) is 17.8 Å². The van der Waals surface area contributed by atoms with Crippen LogP contribution < -0.4 is 4.74 Å². The minimum Gasteiger partial charge on any atom is -0.484 e. The number of halogens is 1. The maximum absolute atomic E-state index is 14.6. The van der Waals surface area contributed by atoms with Crippen LogP contribution >= 0.6 is 11.8 Å². The van der Waals surface area contributed by atoms with E-state index in [1.165, 1.54) is 25.0 Å². The Morgan fingerprint density at radius 1 is 1.27 bits per heavy atom. The number of ether oxygens (including phenoxy) is 2. The minimum atomic E-state index is -4.23. The Morgan fingerprint density at radius 3 is 2.47 bits per heavy atom. The van der Waals surface area contributed by atoms with Crippen molar-refractivity contribution in [2.75, 3.05) is 12.4 Å². The molecule has 3 aliphatic rings. The number of esters is 1. The molecule has 1 N–H and O–H groups in total. The smallest absolute Gasteiger partial charge is 0.338 e. The molecule has 1 aromatic carbocycles. The first-order valence-corrected chi connectivity index (χ1v) is 12.9. The summed E-state index contributed by atoms with van der Waals surface area (Å²) in [6.07, 6.45) is 4.30. The van der Waals surface area contributed by atoms with Crippen LogP contribution in [0.5, 0.6) is 5.75 Å². The number of thioether (sulfide) groups is 1. The van der Waals surface area contributed by atoms with Crippen LogP contribution in [0.3, 0.4) is 0 Å². The average Bonchev–Trinajstić information content (AvgIpc) is 3.34. The highest BCUT2D eigenvalue weighted by molar-refractivity contribution is 8.01. The van der Waals surface area contributed by atoms with E-state index in [0.717, 1.165) is 18.9 Å². The van der Waals surface area contributed by atoms with E-state index in [1.807, 2.05) is 0 Å². The standard InChI is InChI=1S/C21H27FO6S2/c1-12(2)21(10-14-15(11-21)19-6-5-18(14)29-19)28-17-9-13(3-4-16(17)22)20(23)27-7-8-30(24,25)26/h3-4,9,12,14-15,18-19H,5-8,10-11H2,1-2H3,(H,24,25,26). The van der Waals surface area contributed by atoms with Gasteiger partial charge in [-0.1, -0.05) is 13.8 Å². The van der Waals surface area contributed by atoms with Gasteiger partial charge in [-0.2, -0.15) is 20.2 Å². The summed E-state index contributed by atoms with van der Waals surface area (Å²) in [4.78, 5) is 12.2. The Hall–Kier alpha value is -1.32. The number of carbonyl (C=O) groups excluding carboxylic acids is 1. The lowest BCUT2D eigenvalue weighted by atomic mass is 9.82. The summed E-state index contributed by atoms with van der Waals surface area (Å²) in [7, 11) is -4.23. The summed E-state index contributed by atoms with van der Waals surface area (Å²) in [5.74, 6) is -0.604. The highest BCUT2D eigenvalue weighted by Gasteiger charge is 2.59. The molecule has 166 valence electrons. The van der Waals surface area contributed by atoms with Gasteiger partial charge < -0.3 is 9.47 Å². The molecule has 0 amide bonds. The fourth-order valence-electron chi connectivity index (χ4n) is 5.24. The molecule has 2 saturated heterocycles. The summed E-state index contributed by atoms with van der Waals surface area (Å²) < 4.78 is 56.1. The van der Waals surface area contributed by atoms with Crippen molar-refractivity contribution in [2.45, 2.75) is 55.6 Å². The molecule has 0 aromatic heterocycles. The second kappa shape index (κ2) is 7.98. The topological polar surface area (TPSA) is 89.9 Å². The first-order chi connectivity index (χ1) is 14.1. The van der Waals surface area contributed by atoms with Crippen LogP contribution in [0, 0.1) is 23.6 Å². The highest BCUT2D eigenvalue weighted by atomic mass is 32.2. The first-order valence-electron chi connectivity index (χ1n) is 10.3. The molecule has 0 spiro atoms. The van der Waals surface area contributed by atoms with Gasteiger partial charge in [0.1, 0.15) is 18.0 Å². The zero-order valence-electron chi connectivity index (χ0n) is 17.0. The molecular weight excluding hydrogens is 431 g/mol. The van der Waals surface area contributed by atoms with Crippen LogP contribution in [0.1, 0.15) is 49.9 Å². The SMILES string of the molecule is CC(C)C1(Oc2cc(C(=O)OCCS(=O)(=O)O)ccc2F)CC2C3CCC(S3)C2C1. The van der Waals surface area contributed by atoms with E-state index >= 15 is 0 Å². The predicted molar refractivity (Wildman–Crippen MR) is 112 cm³/mol. The van der Waals surface area contributed by atoms with Crippen molar-refractivity contribution >= 4 is 27.8 Å². The molecule has 1 saturated carbocycles. The van der Waals surface area contributed by atoms with Gasteiger partial charge in [0.05, 0.1) is 5.56 Å². The molecule has 1 aliphatic carbocycles. The predicted octanol–water partition coefficient (Wildman–Crippen LogP) is 3.95. The number of benzene rings is 1. The fourth-order valence-corrected chi connectivity index (χ4v) is 7.53. The van der Waals surface area contributed by atoms with Gasteiger partial charge in [-0.15, -0.1) is 0 Å². The molecular formula is C21H27FO6S2. The lowest BCUT2D eigenvalue weighted by Gasteiger charge is -2.36. The molecule has 4 rings (SSSR count). The van der Waals surface area contributed by atoms with Crippen LogP contribution in [0.25, 0.3) is 0 Å². The molecule has 4 unspecified atom stereocenters. The molecule has 30 heavy (non-hydrogen) atoms. The summed E-state index contributed by atoms with van der Waals surface area (Å²) in [5.41, 5.74) is -0.389. The van der Waals surface area contributed by atoms with E-state index in [4.69, 9.17) is 14.0 Å². The third kappa shape index (κ3) is 4.21. The second-order valence-electron chi connectivity index (χ2n) is 8.91. The van der Waals surface area contributed by atoms with Crippen molar-refractivity contribution in [1.82, 2.24) is 0 Å². The molecule has 2 aliphatic heterocycles. The number of hydrogen-bond donors (Lipinski definition) is 1. The molecule has 0 radical (unpaired) electrons. The van der Waals surface area contributed by atoms with E-state index in [9.17, 15) is 17.6 Å². The minimum absolute atomic E-state index is 0.0212. The van der Waals surface area contributed by atoms with E-state index in [1.54, 1.807) is 0 Å². The summed E-state index contributed by atoms with van der Waals surface area (Å²) in [6, 6.07) is 3.77. The van der Waals surface area contributed by atoms with Crippen LogP contribution in [0.4, 0.5) is 4.39 Å². The molecule has 1 aromatic rings. The van der Waals surface area contributed by atoms with Gasteiger partial charge in [-0.05, 0) is 61.6 Å². The van der Waals surface area contributed by atoms with Gasteiger partial charge in [0.2, 0.25) is 0 Å². The Bertz CT molecular complexity index is 913. The average molecular weight is 459 g/mol. The lowest BCUT2D eigenvalue weighted by Crippen LogP contribution is -2.40. The third-order valence-corrected chi connectivity index (χ3v) is 9.41. The Kier molecular flexibility index (Phi) is 5.83. The van der Waals surface area contributed by atoms with Crippen LogP contribution in [-0.4, -0.2) is 47.4 Å². The number of hydrogen-bond acceptors (Lipinski definition) is 6. The fraction of sp³-hybridized carbons (Fsp3) is 0.667. The normalized spacial score (nSPS) is 32.4. The first kappa shape index (κ1) is 21.9. The van der Waals surface area contributed by atoms with Crippen LogP contribution in [0.15, 0.2) is 18.2 Å². The number of fused-ring (bicyclic) bond motifs is 5. The van der Waals surface area contributed by atoms with Crippen molar-refractivity contribution in [3.63, 3.8) is 0 Å². The van der Waals surface area contributed by atoms with Crippen molar-refractivity contribution in [3.8, 4) is 5.75 Å².